The lowest BCUT2D eigenvalue weighted by molar-refractivity contribution is -0.165. The molecule has 0 aliphatic carbocycles. The fourth-order valence-corrected chi connectivity index (χ4v) is 3.53. The first-order chi connectivity index (χ1) is 9.47. The molecule has 0 N–H and O–H groups in total. The molecule has 0 radical (unpaired) electrons. The van der Waals surface area contributed by atoms with Crippen LogP contribution in [-0.4, -0.2) is 40.8 Å². The van der Waals surface area contributed by atoms with E-state index >= 15 is 0 Å². The quantitative estimate of drug-likeness (QED) is 0.429. The molecular formula is C13H15NO5S. The van der Waals surface area contributed by atoms with Crippen molar-refractivity contribution in [1.82, 2.24) is 4.90 Å². The summed E-state index contributed by atoms with van der Waals surface area (Å²) in [5, 5.41) is 1.40. The third-order valence-corrected chi connectivity index (χ3v) is 4.20. The van der Waals surface area contributed by atoms with E-state index in [1.165, 1.54) is 29.7 Å². The summed E-state index contributed by atoms with van der Waals surface area (Å²) in [4.78, 5) is 36.2. The highest BCUT2D eigenvalue weighted by Crippen LogP contribution is 2.46. The molecule has 1 saturated heterocycles. The van der Waals surface area contributed by atoms with Crippen LogP contribution < -0.4 is 0 Å². The van der Waals surface area contributed by atoms with Gasteiger partial charge in [0.15, 0.2) is 0 Å². The number of nitrogens with zero attached hydrogens (tertiary/aromatic N) is 1. The van der Waals surface area contributed by atoms with Crippen LogP contribution in [0.3, 0.4) is 0 Å². The standard InChI is InChI=1S/C13H15NO5S/c1-4-5-18-13(17)9-6-20-12-10(11(16)14(9)12)7(2)19-8(3)15/h4,6-7,10,12H,1,5H2,2-3H3/t7-,10+,12+/m0/s1. The molecule has 0 spiro atoms. The van der Waals surface area contributed by atoms with Crippen LogP contribution in [0.25, 0.3) is 0 Å². The summed E-state index contributed by atoms with van der Waals surface area (Å²) >= 11 is 1.35. The fraction of sp³-hybridized carbons (Fsp3) is 0.462. The third kappa shape index (κ3) is 2.45. The van der Waals surface area contributed by atoms with Gasteiger partial charge in [0.05, 0.1) is 0 Å². The minimum Gasteiger partial charge on any atom is -0.462 e. The number of ether oxygens (including phenoxy) is 2. The number of rotatable bonds is 5. The van der Waals surface area contributed by atoms with Gasteiger partial charge >= 0.3 is 11.9 Å². The predicted octanol–water partition coefficient (Wildman–Crippen LogP) is 1.04. The molecule has 108 valence electrons. The molecule has 0 aromatic carbocycles. The highest BCUT2D eigenvalue weighted by Gasteiger charge is 2.56. The molecular weight excluding hydrogens is 282 g/mol. The van der Waals surface area contributed by atoms with Gasteiger partial charge in [0.25, 0.3) is 0 Å². The van der Waals surface area contributed by atoms with Crippen molar-refractivity contribution >= 4 is 29.6 Å². The zero-order chi connectivity index (χ0) is 14.9. The van der Waals surface area contributed by atoms with Crippen LogP contribution in [0.2, 0.25) is 0 Å². The molecule has 2 heterocycles. The first kappa shape index (κ1) is 14.6. The van der Waals surface area contributed by atoms with Gasteiger partial charge < -0.3 is 9.47 Å². The van der Waals surface area contributed by atoms with Crippen LogP contribution >= 0.6 is 11.8 Å². The summed E-state index contributed by atoms with van der Waals surface area (Å²) in [6, 6.07) is 0. The van der Waals surface area contributed by atoms with E-state index in [0.717, 1.165) is 0 Å². The Balaban J connectivity index is 2.00. The maximum Gasteiger partial charge on any atom is 0.355 e. The highest BCUT2D eigenvalue weighted by atomic mass is 32.2. The van der Waals surface area contributed by atoms with Crippen molar-refractivity contribution in [1.29, 1.82) is 0 Å². The lowest BCUT2D eigenvalue weighted by Gasteiger charge is -2.44. The van der Waals surface area contributed by atoms with Crippen LogP contribution in [0.5, 0.6) is 0 Å². The number of β-lactam (4-membered cyclic amide) rings is 1. The maximum absolute atomic E-state index is 12.1. The Morgan fingerprint density at radius 3 is 2.90 bits per heavy atom. The average Bonchev–Trinajstić information content (AvgIpc) is 2.74. The van der Waals surface area contributed by atoms with E-state index in [2.05, 4.69) is 6.58 Å². The zero-order valence-electron chi connectivity index (χ0n) is 11.2. The number of hydrogen-bond acceptors (Lipinski definition) is 6. The molecule has 0 aromatic heterocycles. The SMILES string of the molecule is C=CCOC(=O)C1=CS[C@@H]2[C@H]([C@H](C)OC(C)=O)C(=O)N12. The second-order valence-electron chi connectivity index (χ2n) is 4.47. The summed E-state index contributed by atoms with van der Waals surface area (Å²) in [5.74, 6) is -1.63. The van der Waals surface area contributed by atoms with E-state index in [9.17, 15) is 14.4 Å². The molecule has 2 rings (SSSR count). The second-order valence-corrected chi connectivity index (χ2v) is 5.46. The van der Waals surface area contributed by atoms with E-state index in [1.807, 2.05) is 0 Å². The number of thioether (sulfide) groups is 1. The molecule has 1 fully saturated rings. The lowest BCUT2D eigenvalue weighted by atomic mass is 9.92. The Labute approximate surface area is 120 Å². The molecule has 3 atom stereocenters. The van der Waals surface area contributed by atoms with Gasteiger partial charge in [-0.2, -0.15) is 0 Å². The molecule has 20 heavy (non-hydrogen) atoms. The minimum atomic E-state index is -0.549. The van der Waals surface area contributed by atoms with Gasteiger partial charge in [0.2, 0.25) is 5.91 Å². The Morgan fingerprint density at radius 1 is 1.60 bits per heavy atom. The van der Waals surface area contributed by atoms with E-state index in [4.69, 9.17) is 9.47 Å². The lowest BCUT2D eigenvalue weighted by Crippen LogP contribution is -2.61. The van der Waals surface area contributed by atoms with E-state index in [1.54, 1.807) is 12.3 Å². The number of carbonyl (C=O) groups excluding carboxylic acids is 3. The average molecular weight is 297 g/mol. The normalized spacial score (nSPS) is 25.2. The molecule has 0 unspecified atom stereocenters. The summed E-state index contributed by atoms with van der Waals surface area (Å²) in [7, 11) is 0. The van der Waals surface area contributed by atoms with Gasteiger partial charge in [-0.3, -0.25) is 14.5 Å². The van der Waals surface area contributed by atoms with E-state index in [0.29, 0.717) is 0 Å². The number of esters is 2. The first-order valence-electron chi connectivity index (χ1n) is 6.11. The molecule has 2 aliphatic rings. The Hall–Kier alpha value is -1.76. The largest absolute Gasteiger partial charge is 0.462 e. The zero-order valence-corrected chi connectivity index (χ0v) is 12.0. The van der Waals surface area contributed by atoms with Gasteiger partial charge in [-0.05, 0) is 6.92 Å². The van der Waals surface area contributed by atoms with E-state index < -0.39 is 24.0 Å². The topological polar surface area (TPSA) is 72.9 Å². The molecule has 7 heteroatoms. The molecule has 2 aliphatic heterocycles. The van der Waals surface area contributed by atoms with Gasteiger partial charge in [-0.25, -0.2) is 4.79 Å². The van der Waals surface area contributed by atoms with Crippen molar-refractivity contribution in [2.75, 3.05) is 6.61 Å². The maximum atomic E-state index is 12.1. The van der Waals surface area contributed by atoms with Crippen molar-refractivity contribution < 1.29 is 23.9 Å². The summed E-state index contributed by atoms with van der Waals surface area (Å²) in [6.45, 7) is 6.53. The fourth-order valence-electron chi connectivity index (χ4n) is 2.20. The van der Waals surface area contributed by atoms with Crippen LogP contribution in [0.4, 0.5) is 0 Å². The van der Waals surface area contributed by atoms with Crippen molar-refractivity contribution in [2.45, 2.75) is 25.3 Å². The van der Waals surface area contributed by atoms with Gasteiger partial charge in [0.1, 0.15) is 29.7 Å². The van der Waals surface area contributed by atoms with Gasteiger partial charge in [0, 0.05) is 12.3 Å². The molecule has 0 bridgehead atoms. The monoisotopic (exact) mass is 297 g/mol. The number of amides is 1. The molecule has 0 aromatic rings. The number of carbonyl (C=O) groups is 3. The van der Waals surface area contributed by atoms with Crippen LogP contribution in [-0.2, 0) is 23.9 Å². The third-order valence-electron chi connectivity index (χ3n) is 3.06. The van der Waals surface area contributed by atoms with Gasteiger partial charge in [-0.1, -0.05) is 12.7 Å². The highest BCUT2D eigenvalue weighted by molar-refractivity contribution is 8.03. The number of hydrogen-bond donors (Lipinski definition) is 0. The van der Waals surface area contributed by atoms with E-state index in [-0.39, 0.29) is 23.6 Å². The summed E-state index contributed by atoms with van der Waals surface area (Å²) in [5.41, 5.74) is 0.234. The smallest absolute Gasteiger partial charge is 0.355 e. The second kappa shape index (κ2) is 5.70. The van der Waals surface area contributed by atoms with Crippen LogP contribution in [0.15, 0.2) is 23.8 Å². The first-order valence-corrected chi connectivity index (χ1v) is 7.05. The molecule has 6 nitrogen and oxygen atoms in total. The van der Waals surface area contributed by atoms with Crippen molar-refractivity contribution in [2.24, 2.45) is 5.92 Å². The van der Waals surface area contributed by atoms with Crippen molar-refractivity contribution in [3.63, 3.8) is 0 Å². The van der Waals surface area contributed by atoms with Crippen LogP contribution in [0, 0.1) is 5.92 Å². The summed E-state index contributed by atoms with van der Waals surface area (Å²) < 4.78 is 9.96. The minimum absolute atomic E-state index is 0.0980. The Morgan fingerprint density at radius 2 is 2.30 bits per heavy atom. The number of fused-ring (bicyclic) bond motifs is 1. The Kier molecular flexibility index (Phi) is 4.17. The predicted molar refractivity (Wildman–Crippen MR) is 72.2 cm³/mol. The summed E-state index contributed by atoms with van der Waals surface area (Å²) in [6.07, 6.45) is 0.951. The van der Waals surface area contributed by atoms with Gasteiger partial charge in [-0.15, -0.1) is 11.8 Å². The Bertz CT molecular complexity index is 501. The molecule has 1 amide bonds. The van der Waals surface area contributed by atoms with Crippen molar-refractivity contribution in [3.05, 3.63) is 23.8 Å². The molecule has 0 saturated carbocycles. The van der Waals surface area contributed by atoms with Crippen molar-refractivity contribution in [3.8, 4) is 0 Å². The van der Waals surface area contributed by atoms with Crippen LogP contribution in [0.1, 0.15) is 13.8 Å².